The summed E-state index contributed by atoms with van der Waals surface area (Å²) in [6.45, 7) is 0.306. The van der Waals surface area contributed by atoms with E-state index in [4.69, 9.17) is 26.7 Å². The normalized spacial score (nSPS) is 41.8. The summed E-state index contributed by atoms with van der Waals surface area (Å²) in [5.74, 6) is 0. The Kier molecular flexibility index (Phi) is 5.03. The number of ether oxygens (including phenoxy) is 1. The van der Waals surface area contributed by atoms with Gasteiger partial charge in [0, 0.05) is 0 Å². The lowest BCUT2D eigenvalue weighted by atomic mass is 10.1. The number of nitrogens with zero attached hydrogens (tertiary/aromatic N) is 1. The van der Waals surface area contributed by atoms with Crippen LogP contribution in [-0.2, 0) is 13.8 Å². The summed E-state index contributed by atoms with van der Waals surface area (Å²) < 4.78 is 20.7. The van der Waals surface area contributed by atoms with Gasteiger partial charge in [-0.15, -0.1) is 0 Å². The van der Waals surface area contributed by atoms with Crippen molar-refractivity contribution < 1.29 is 33.8 Å². The third kappa shape index (κ3) is 3.57. The molecule has 23 heavy (non-hydrogen) atoms. The summed E-state index contributed by atoms with van der Waals surface area (Å²) in [4.78, 5) is 19.9. The van der Waals surface area contributed by atoms with Gasteiger partial charge in [0.1, 0.15) is 24.5 Å². The first-order valence-electron chi connectivity index (χ1n) is 7.00. The van der Waals surface area contributed by atoms with Gasteiger partial charge in [0.2, 0.25) is 0 Å². The summed E-state index contributed by atoms with van der Waals surface area (Å²) >= 11 is 5.23. The lowest BCUT2D eigenvalue weighted by Gasteiger charge is -2.36. The molecule has 0 spiro atoms. The first-order valence-corrected chi connectivity index (χ1v) is 8.94. The smallest absolute Gasteiger partial charge is 0.387 e. The van der Waals surface area contributed by atoms with Crippen molar-refractivity contribution in [2.75, 3.05) is 19.9 Å². The van der Waals surface area contributed by atoms with Crippen LogP contribution in [0.15, 0.2) is 0 Å². The Hall–Kier alpha value is -0.240. The molecule has 0 aromatic rings. The minimum Gasteiger partial charge on any atom is -0.387 e. The van der Waals surface area contributed by atoms with Crippen LogP contribution in [-0.4, -0.2) is 86.6 Å². The maximum absolute atomic E-state index is 10.8. The first-order chi connectivity index (χ1) is 10.8. The van der Waals surface area contributed by atoms with E-state index in [0.717, 1.165) is 0 Å². The fourth-order valence-corrected chi connectivity index (χ4v) is 3.61. The molecule has 132 valence electrons. The van der Waals surface area contributed by atoms with E-state index in [1.165, 1.54) is 0 Å². The number of phosphoric ester groups is 1. The molecular formula is C10H19N4O7PS. The van der Waals surface area contributed by atoms with Crippen LogP contribution in [0.25, 0.3) is 0 Å². The summed E-state index contributed by atoms with van der Waals surface area (Å²) in [6.07, 6.45) is -4.69. The average molecular weight is 370 g/mol. The van der Waals surface area contributed by atoms with Gasteiger partial charge in [-0.05, 0) is 0 Å². The van der Waals surface area contributed by atoms with E-state index in [0.29, 0.717) is 18.3 Å². The predicted molar refractivity (Wildman–Crippen MR) is 79.8 cm³/mol. The summed E-state index contributed by atoms with van der Waals surface area (Å²) in [6, 6.07) is -0.155. The van der Waals surface area contributed by atoms with Gasteiger partial charge in [0.15, 0.2) is 0 Å². The molecule has 11 nitrogen and oxygen atoms in total. The van der Waals surface area contributed by atoms with E-state index >= 15 is 0 Å². The Morgan fingerprint density at radius 2 is 2.09 bits per heavy atom. The lowest BCUT2D eigenvalue weighted by Crippen LogP contribution is -2.63. The number of rotatable bonds is 4. The molecule has 3 aliphatic heterocycles. The number of aliphatic hydroxyl groups is 2. The van der Waals surface area contributed by atoms with E-state index in [1.807, 2.05) is 0 Å². The zero-order chi connectivity index (χ0) is 16.8. The summed E-state index contributed by atoms with van der Waals surface area (Å²) in [5, 5.41) is 29.6. The summed E-state index contributed by atoms with van der Waals surface area (Å²) in [7, 11) is -4.68. The fraction of sp³-hybridized carbons (Fsp3) is 0.900. The fourth-order valence-electron chi connectivity index (χ4n) is 2.99. The molecule has 0 bridgehead atoms. The molecule has 3 fully saturated rings. The number of thiocarbonyl (C=S) groups is 1. The zero-order valence-electron chi connectivity index (χ0n) is 11.9. The van der Waals surface area contributed by atoms with Crippen molar-refractivity contribution in [2.45, 2.75) is 36.7 Å². The molecule has 13 heteroatoms. The number of phosphoric acid groups is 1. The Labute approximate surface area is 137 Å². The molecule has 0 aromatic carbocycles. The molecule has 3 aliphatic rings. The molecule has 3 heterocycles. The van der Waals surface area contributed by atoms with Gasteiger partial charge in [-0.25, -0.2) is 9.46 Å². The van der Waals surface area contributed by atoms with Crippen molar-refractivity contribution in [2.24, 2.45) is 0 Å². The molecule has 0 amide bonds. The molecule has 0 aromatic heterocycles. The molecule has 0 saturated carbocycles. The molecule has 0 aliphatic carbocycles. The van der Waals surface area contributed by atoms with Crippen molar-refractivity contribution >= 4 is 25.0 Å². The van der Waals surface area contributed by atoms with E-state index in [-0.39, 0.29) is 12.2 Å². The topological polar surface area (TPSA) is 156 Å². The van der Waals surface area contributed by atoms with E-state index in [2.05, 4.69) is 20.5 Å². The summed E-state index contributed by atoms with van der Waals surface area (Å²) in [5.41, 5.74) is 0. The average Bonchev–Trinajstić information content (AvgIpc) is 3.01. The molecule has 6 atom stereocenters. The van der Waals surface area contributed by atoms with Crippen molar-refractivity contribution in [3.63, 3.8) is 0 Å². The second-order valence-electron chi connectivity index (χ2n) is 5.55. The van der Waals surface area contributed by atoms with Crippen LogP contribution in [0.2, 0.25) is 0 Å². The highest BCUT2D eigenvalue weighted by atomic mass is 32.1. The maximum Gasteiger partial charge on any atom is 0.469 e. The highest BCUT2D eigenvalue weighted by Crippen LogP contribution is 2.37. The quantitative estimate of drug-likeness (QED) is 0.195. The van der Waals surface area contributed by atoms with Crippen molar-refractivity contribution in [1.82, 2.24) is 20.9 Å². The Bertz CT molecular complexity index is 521. The molecule has 0 radical (unpaired) electrons. The number of fused-ring (bicyclic) bond motifs is 1. The molecular weight excluding hydrogens is 351 g/mol. The van der Waals surface area contributed by atoms with Crippen LogP contribution in [0.5, 0.6) is 0 Å². The number of hydrogen-bond acceptors (Lipinski definition) is 9. The Balaban J connectivity index is 1.66. The van der Waals surface area contributed by atoms with Gasteiger partial charge in [-0.2, -0.15) is 0 Å². The van der Waals surface area contributed by atoms with Gasteiger partial charge in [0.25, 0.3) is 0 Å². The van der Waals surface area contributed by atoms with Crippen LogP contribution in [0, 0.1) is 0 Å². The monoisotopic (exact) mass is 370 g/mol. The zero-order valence-corrected chi connectivity index (χ0v) is 13.6. The first kappa shape index (κ1) is 17.6. The van der Waals surface area contributed by atoms with Gasteiger partial charge >= 0.3 is 7.82 Å². The minimum atomic E-state index is -4.68. The standard InChI is InChI=1S/C10H19N4O7PS/c15-6-4(1-20-22(17,18)19)21-10(7(6)16)14-3-13-5-8(14)11-2-12-9(5)23/h4-8,10-11,13,15-16H,1-3H2,(H,12,23)(H2,17,18,19)/t4-,5?,6?,7?,8?,10-/m0/s1. The Morgan fingerprint density at radius 3 is 2.78 bits per heavy atom. The molecule has 7 N–H and O–H groups in total. The third-order valence-electron chi connectivity index (χ3n) is 4.09. The van der Waals surface area contributed by atoms with E-state index in [9.17, 15) is 14.8 Å². The maximum atomic E-state index is 10.8. The highest BCUT2D eigenvalue weighted by molar-refractivity contribution is 7.80. The number of aliphatic hydroxyl groups excluding tert-OH is 2. The molecule has 3 saturated heterocycles. The second kappa shape index (κ2) is 6.58. The van der Waals surface area contributed by atoms with Gasteiger partial charge in [-0.1, -0.05) is 12.2 Å². The minimum absolute atomic E-state index is 0.155. The van der Waals surface area contributed by atoms with Crippen LogP contribution in [0.4, 0.5) is 0 Å². The SMILES string of the molecule is O=P(O)(O)OC[C@@H]1O[C@H](N2CNC3C(=S)NCNC32)C(O)C1O. The number of nitrogens with one attached hydrogen (secondary N) is 3. The van der Waals surface area contributed by atoms with E-state index in [1.54, 1.807) is 4.90 Å². The Morgan fingerprint density at radius 1 is 1.35 bits per heavy atom. The number of hydrogen-bond donors (Lipinski definition) is 7. The predicted octanol–water partition coefficient (Wildman–Crippen LogP) is -3.42. The van der Waals surface area contributed by atoms with Gasteiger partial charge in [-0.3, -0.25) is 15.2 Å². The van der Waals surface area contributed by atoms with E-state index < -0.39 is 39.0 Å². The third-order valence-corrected chi connectivity index (χ3v) is 4.98. The lowest BCUT2D eigenvalue weighted by molar-refractivity contribution is -0.106. The van der Waals surface area contributed by atoms with Crippen LogP contribution < -0.4 is 16.0 Å². The van der Waals surface area contributed by atoms with Crippen LogP contribution >= 0.6 is 20.0 Å². The molecule has 3 rings (SSSR count). The van der Waals surface area contributed by atoms with Crippen molar-refractivity contribution in [1.29, 1.82) is 0 Å². The van der Waals surface area contributed by atoms with Gasteiger partial charge < -0.3 is 30.1 Å². The highest BCUT2D eigenvalue weighted by Gasteiger charge is 2.51. The van der Waals surface area contributed by atoms with Crippen molar-refractivity contribution in [3.05, 3.63) is 0 Å². The van der Waals surface area contributed by atoms with Crippen molar-refractivity contribution in [3.8, 4) is 0 Å². The second-order valence-corrected chi connectivity index (χ2v) is 7.23. The van der Waals surface area contributed by atoms with Crippen LogP contribution in [0.3, 0.4) is 0 Å². The van der Waals surface area contributed by atoms with Crippen LogP contribution in [0.1, 0.15) is 0 Å². The van der Waals surface area contributed by atoms with Gasteiger partial charge in [0.05, 0.1) is 37.1 Å². The largest absolute Gasteiger partial charge is 0.469 e. The molecule has 4 unspecified atom stereocenters.